The fourth-order valence-corrected chi connectivity index (χ4v) is 2.79. The standard InChI is InChI=1S/C14H17N3OS/c1-16-14(18)13-11(15)8-12(19-13)17(2)9-10-6-4-3-5-7-10/h3-8H,9,15H2,1-2H3,(H,16,18). The van der Waals surface area contributed by atoms with Gasteiger partial charge in [0.1, 0.15) is 4.88 Å². The Morgan fingerprint density at radius 1 is 1.37 bits per heavy atom. The molecule has 0 radical (unpaired) electrons. The van der Waals surface area contributed by atoms with Gasteiger partial charge in [-0.25, -0.2) is 0 Å². The maximum atomic E-state index is 11.6. The molecule has 0 aliphatic rings. The molecular formula is C14H17N3OS. The van der Waals surface area contributed by atoms with Crippen molar-refractivity contribution >= 4 is 27.9 Å². The quantitative estimate of drug-likeness (QED) is 0.900. The third-order valence-electron chi connectivity index (χ3n) is 2.82. The molecule has 0 bridgehead atoms. The molecule has 3 N–H and O–H groups in total. The Hall–Kier alpha value is -2.01. The van der Waals surface area contributed by atoms with Crippen LogP contribution in [-0.2, 0) is 6.54 Å². The van der Waals surface area contributed by atoms with Crippen LogP contribution in [0.15, 0.2) is 36.4 Å². The zero-order valence-corrected chi connectivity index (χ0v) is 11.8. The number of carbonyl (C=O) groups excluding carboxylic acids is 1. The van der Waals surface area contributed by atoms with Crippen LogP contribution in [0.25, 0.3) is 0 Å². The van der Waals surface area contributed by atoms with E-state index in [1.165, 1.54) is 16.9 Å². The van der Waals surface area contributed by atoms with Gasteiger partial charge in [0.05, 0.1) is 10.7 Å². The van der Waals surface area contributed by atoms with Crippen LogP contribution in [0.2, 0.25) is 0 Å². The summed E-state index contributed by atoms with van der Waals surface area (Å²) < 4.78 is 0. The molecule has 2 aromatic rings. The van der Waals surface area contributed by atoms with Crippen LogP contribution in [0.5, 0.6) is 0 Å². The highest BCUT2D eigenvalue weighted by Gasteiger charge is 2.15. The topological polar surface area (TPSA) is 58.4 Å². The molecule has 0 aliphatic carbocycles. The first kappa shape index (κ1) is 13.4. The number of hydrogen-bond donors (Lipinski definition) is 2. The molecule has 0 unspecified atom stereocenters. The van der Waals surface area contributed by atoms with E-state index in [1.54, 1.807) is 7.05 Å². The summed E-state index contributed by atoms with van der Waals surface area (Å²) in [6, 6.07) is 12.0. The first-order chi connectivity index (χ1) is 9.11. The second kappa shape index (κ2) is 5.75. The zero-order valence-electron chi connectivity index (χ0n) is 11.0. The number of thiophene rings is 1. The fourth-order valence-electron chi connectivity index (χ4n) is 1.81. The zero-order chi connectivity index (χ0) is 13.8. The predicted octanol–water partition coefficient (Wildman–Crippen LogP) is 2.33. The van der Waals surface area contributed by atoms with Crippen molar-refractivity contribution in [3.63, 3.8) is 0 Å². The lowest BCUT2D eigenvalue weighted by molar-refractivity contribution is 0.0968. The lowest BCUT2D eigenvalue weighted by Crippen LogP contribution is -2.17. The van der Waals surface area contributed by atoms with E-state index in [1.807, 2.05) is 31.3 Å². The van der Waals surface area contributed by atoms with Crippen molar-refractivity contribution in [2.75, 3.05) is 24.7 Å². The Labute approximate surface area is 116 Å². The fraction of sp³-hybridized carbons (Fsp3) is 0.214. The second-order valence-corrected chi connectivity index (χ2v) is 5.32. The molecule has 0 aliphatic heterocycles. The SMILES string of the molecule is CNC(=O)c1sc(N(C)Cc2ccccc2)cc1N. The Kier molecular flexibility index (Phi) is 4.06. The lowest BCUT2D eigenvalue weighted by Gasteiger charge is -2.16. The Balaban J connectivity index is 2.16. The van der Waals surface area contributed by atoms with Crippen LogP contribution >= 0.6 is 11.3 Å². The van der Waals surface area contributed by atoms with Crippen LogP contribution < -0.4 is 16.0 Å². The number of benzene rings is 1. The highest BCUT2D eigenvalue weighted by molar-refractivity contribution is 7.18. The monoisotopic (exact) mass is 275 g/mol. The third kappa shape index (κ3) is 3.06. The Morgan fingerprint density at radius 3 is 2.68 bits per heavy atom. The minimum Gasteiger partial charge on any atom is -0.397 e. The number of nitrogens with zero attached hydrogens (tertiary/aromatic N) is 1. The van der Waals surface area contributed by atoms with Gasteiger partial charge in [-0.15, -0.1) is 11.3 Å². The van der Waals surface area contributed by atoms with Crippen LogP contribution in [0, 0.1) is 0 Å². The summed E-state index contributed by atoms with van der Waals surface area (Å²) in [5, 5.41) is 3.58. The van der Waals surface area contributed by atoms with Crippen molar-refractivity contribution in [2.24, 2.45) is 0 Å². The predicted molar refractivity (Wildman–Crippen MR) is 80.7 cm³/mol. The number of nitrogen functional groups attached to an aromatic ring is 1. The van der Waals surface area contributed by atoms with Crippen molar-refractivity contribution in [2.45, 2.75) is 6.54 Å². The molecule has 5 heteroatoms. The van der Waals surface area contributed by atoms with Gasteiger partial charge in [0, 0.05) is 20.6 Å². The molecule has 0 spiro atoms. The molecule has 0 saturated carbocycles. The van der Waals surface area contributed by atoms with Crippen LogP contribution in [-0.4, -0.2) is 20.0 Å². The summed E-state index contributed by atoms with van der Waals surface area (Å²) in [4.78, 5) is 14.3. The van der Waals surface area contributed by atoms with Gasteiger partial charge in [0.2, 0.25) is 0 Å². The summed E-state index contributed by atoms with van der Waals surface area (Å²) in [6.07, 6.45) is 0. The maximum Gasteiger partial charge on any atom is 0.263 e. The van der Waals surface area contributed by atoms with Crippen molar-refractivity contribution in [3.8, 4) is 0 Å². The van der Waals surface area contributed by atoms with Crippen LogP contribution in [0.3, 0.4) is 0 Å². The maximum absolute atomic E-state index is 11.6. The molecule has 0 atom stereocenters. The number of rotatable bonds is 4. The molecule has 1 amide bonds. The van der Waals surface area contributed by atoms with E-state index in [2.05, 4.69) is 22.3 Å². The van der Waals surface area contributed by atoms with E-state index in [-0.39, 0.29) is 5.91 Å². The summed E-state index contributed by atoms with van der Waals surface area (Å²) in [5.41, 5.74) is 7.62. The van der Waals surface area contributed by atoms with E-state index >= 15 is 0 Å². The largest absolute Gasteiger partial charge is 0.397 e. The minimum atomic E-state index is -0.137. The second-order valence-electron chi connectivity index (χ2n) is 4.29. The number of hydrogen-bond acceptors (Lipinski definition) is 4. The first-order valence-corrected chi connectivity index (χ1v) is 6.80. The summed E-state index contributed by atoms with van der Waals surface area (Å²) in [5.74, 6) is -0.137. The van der Waals surface area contributed by atoms with E-state index in [9.17, 15) is 4.79 Å². The molecule has 1 heterocycles. The molecule has 19 heavy (non-hydrogen) atoms. The van der Waals surface area contributed by atoms with Gasteiger partial charge in [-0.2, -0.15) is 0 Å². The number of nitrogens with two attached hydrogens (primary N) is 1. The van der Waals surface area contributed by atoms with Crippen molar-refractivity contribution < 1.29 is 4.79 Å². The highest BCUT2D eigenvalue weighted by Crippen LogP contribution is 2.32. The van der Waals surface area contributed by atoms with Gasteiger partial charge < -0.3 is 16.0 Å². The average molecular weight is 275 g/mol. The molecule has 1 aromatic carbocycles. The number of anilines is 2. The Morgan fingerprint density at radius 2 is 2.05 bits per heavy atom. The van der Waals surface area contributed by atoms with E-state index in [0.717, 1.165) is 11.5 Å². The van der Waals surface area contributed by atoms with Crippen molar-refractivity contribution in [3.05, 3.63) is 46.8 Å². The highest BCUT2D eigenvalue weighted by atomic mass is 32.1. The molecule has 100 valence electrons. The summed E-state index contributed by atoms with van der Waals surface area (Å²) in [6.45, 7) is 0.786. The summed E-state index contributed by atoms with van der Waals surface area (Å²) in [7, 11) is 3.60. The third-order valence-corrected chi connectivity index (χ3v) is 4.08. The molecular weight excluding hydrogens is 258 g/mol. The number of nitrogens with one attached hydrogen (secondary N) is 1. The van der Waals surface area contributed by atoms with E-state index in [4.69, 9.17) is 5.73 Å². The van der Waals surface area contributed by atoms with E-state index in [0.29, 0.717) is 10.6 Å². The van der Waals surface area contributed by atoms with Gasteiger partial charge in [0.25, 0.3) is 5.91 Å². The first-order valence-electron chi connectivity index (χ1n) is 5.98. The number of carbonyl (C=O) groups is 1. The van der Waals surface area contributed by atoms with Gasteiger partial charge >= 0.3 is 0 Å². The van der Waals surface area contributed by atoms with Crippen molar-refractivity contribution in [1.29, 1.82) is 0 Å². The molecule has 0 fully saturated rings. The lowest BCUT2D eigenvalue weighted by atomic mass is 10.2. The van der Waals surface area contributed by atoms with Crippen LogP contribution in [0.4, 0.5) is 10.7 Å². The van der Waals surface area contributed by atoms with Gasteiger partial charge in [-0.1, -0.05) is 30.3 Å². The van der Waals surface area contributed by atoms with Gasteiger partial charge in [-0.05, 0) is 11.6 Å². The van der Waals surface area contributed by atoms with Gasteiger partial charge in [-0.3, -0.25) is 4.79 Å². The normalized spacial score (nSPS) is 10.2. The minimum absolute atomic E-state index is 0.137. The smallest absolute Gasteiger partial charge is 0.263 e. The molecule has 1 aromatic heterocycles. The van der Waals surface area contributed by atoms with E-state index < -0.39 is 0 Å². The molecule has 4 nitrogen and oxygen atoms in total. The summed E-state index contributed by atoms with van der Waals surface area (Å²) >= 11 is 1.41. The molecule has 0 saturated heterocycles. The average Bonchev–Trinajstić information content (AvgIpc) is 2.81. The van der Waals surface area contributed by atoms with Crippen molar-refractivity contribution in [1.82, 2.24) is 5.32 Å². The van der Waals surface area contributed by atoms with Crippen LogP contribution in [0.1, 0.15) is 15.2 Å². The van der Waals surface area contributed by atoms with Gasteiger partial charge in [0.15, 0.2) is 0 Å². The number of amides is 1. The Bertz CT molecular complexity index is 565. The molecule has 2 rings (SSSR count).